The zero-order valence-corrected chi connectivity index (χ0v) is 14.8. The van der Waals surface area contributed by atoms with Gasteiger partial charge in [-0.05, 0) is 45.4 Å². The number of hydrogen-bond acceptors (Lipinski definition) is 4. The lowest BCUT2D eigenvalue weighted by Gasteiger charge is -2.24. The Morgan fingerprint density at radius 2 is 2.20 bits per heavy atom. The molecule has 1 atom stereocenters. The Morgan fingerprint density at radius 3 is 2.96 bits per heavy atom. The molecule has 25 heavy (non-hydrogen) atoms. The summed E-state index contributed by atoms with van der Waals surface area (Å²) in [6.45, 7) is 7.07. The van der Waals surface area contributed by atoms with Crippen LogP contribution in [0.15, 0.2) is 43.0 Å². The molecule has 3 aromatic rings. The van der Waals surface area contributed by atoms with Crippen molar-refractivity contribution in [3.05, 3.63) is 60.1 Å². The number of nitrogens with zero attached hydrogens (tertiary/aromatic N) is 6. The van der Waals surface area contributed by atoms with E-state index in [4.69, 9.17) is 4.98 Å². The van der Waals surface area contributed by atoms with Crippen molar-refractivity contribution in [2.24, 2.45) is 0 Å². The topological polar surface area (TPSA) is 51.8 Å². The first-order valence-electron chi connectivity index (χ1n) is 8.97. The summed E-state index contributed by atoms with van der Waals surface area (Å²) in [5.41, 5.74) is 2.42. The van der Waals surface area contributed by atoms with Gasteiger partial charge < -0.3 is 0 Å². The highest BCUT2D eigenvalue weighted by Gasteiger charge is 2.27. The average Bonchev–Trinajstić information content (AvgIpc) is 3.36. The van der Waals surface area contributed by atoms with E-state index >= 15 is 0 Å². The van der Waals surface area contributed by atoms with Crippen molar-refractivity contribution in [3.8, 4) is 5.82 Å². The van der Waals surface area contributed by atoms with E-state index in [9.17, 15) is 0 Å². The van der Waals surface area contributed by atoms with Crippen LogP contribution in [0.4, 0.5) is 0 Å². The highest BCUT2D eigenvalue weighted by atomic mass is 15.3. The third-order valence-corrected chi connectivity index (χ3v) is 4.93. The molecule has 1 aliphatic rings. The molecule has 1 aliphatic heterocycles. The molecule has 0 unspecified atom stereocenters. The van der Waals surface area contributed by atoms with E-state index in [0.717, 1.165) is 43.4 Å². The monoisotopic (exact) mass is 336 g/mol. The fraction of sp³-hybridized carbons (Fsp3) is 0.421. The largest absolute Gasteiger partial charge is 0.290 e. The van der Waals surface area contributed by atoms with Crippen molar-refractivity contribution >= 4 is 0 Å². The number of rotatable bonds is 5. The van der Waals surface area contributed by atoms with E-state index in [0.29, 0.717) is 6.04 Å². The average molecular weight is 336 g/mol. The summed E-state index contributed by atoms with van der Waals surface area (Å²) in [6.07, 6.45) is 10.3. The highest BCUT2D eigenvalue weighted by Crippen LogP contribution is 2.32. The van der Waals surface area contributed by atoms with Gasteiger partial charge in [0, 0.05) is 37.2 Å². The zero-order chi connectivity index (χ0) is 17.2. The maximum absolute atomic E-state index is 4.93. The van der Waals surface area contributed by atoms with Crippen LogP contribution in [0, 0.1) is 6.92 Å². The van der Waals surface area contributed by atoms with Gasteiger partial charge in [0.2, 0.25) is 0 Å². The van der Waals surface area contributed by atoms with Gasteiger partial charge in [0.05, 0.1) is 17.9 Å². The normalized spacial score (nSPS) is 18.1. The van der Waals surface area contributed by atoms with Crippen molar-refractivity contribution in [1.82, 2.24) is 29.2 Å². The summed E-state index contributed by atoms with van der Waals surface area (Å²) in [4.78, 5) is 11.8. The summed E-state index contributed by atoms with van der Waals surface area (Å²) in [6, 6.07) is 6.66. The molecule has 130 valence electrons. The minimum absolute atomic E-state index is 0.369. The summed E-state index contributed by atoms with van der Waals surface area (Å²) >= 11 is 0. The van der Waals surface area contributed by atoms with Crippen LogP contribution in [0.3, 0.4) is 0 Å². The lowest BCUT2D eigenvalue weighted by molar-refractivity contribution is 0.244. The molecule has 1 saturated heterocycles. The second-order valence-electron chi connectivity index (χ2n) is 6.60. The van der Waals surface area contributed by atoms with Gasteiger partial charge in [-0.1, -0.05) is 6.07 Å². The lowest BCUT2D eigenvalue weighted by atomic mass is 10.1. The summed E-state index contributed by atoms with van der Waals surface area (Å²) in [7, 11) is 0. The Kier molecular flexibility index (Phi) is 4.36. The van der Waals surface area contributed by atoms with Gasteiger partial charge in [-0.25, -0.2) is 9.97 Å². The summed E-state index contributed by atoms with van der Waals surface area (Å²) in [5.74, 6) is 1.90. The van der Waals surface area contributed by atoms with Crippen molar-refractivity contribution in [1.29, 1.82) is 0 Å². The number of hydrogen-bond donors (Lipinski definition) is 0. The minimum Gasteiger partial charge on any atom is -0.290 e. The molecule has 0 N–H and O–H groups in total. The molecular weight excluding hydrogens is 312 g/mol. The third-order valence-electron chi connectivity index (χ3n) is 4.93. The van der Waals surface area contributed by atoms with Crippen LogP contribution in [0.25, 0.3) is 5.82 Å². The Balaban J connectivity index is 1.57. The van der Waals surface area contributed by atoms with E-state index < -0.39 is 0 Å². The smallest absolute Gasteiger partial charge is 0.138 e. The highest BCUT2D eigenvalue weighted by molar-refractivity contribution is 5.28. The van der Waals surface area contributed by atoms with Crippen LogP contribution >= 0.6 is 0 Å². The van der Waals surface area contributed by atoms with E-state index in [1.807, 2.05) is 40.8 Å². The second kappa shape index (κ2) is 6.80. The van der Waals surface area contributed by atoms with Gasteiger partial charge in [0.25, 0.3) is 0 Å². The maximum Gasteiger partial charge on any atom is 0.138 e. The summed E-state index contributed by atoms with van der Waals surface area (Å²) in [5, 5.41) is 4.40. The molecule has 0 radical (unpaired) electrons. The molecule has 6 nitrogen and oxygen atoms in total. The molecule has 0 amide bonds. The van der Waals surface area contributed by atoms with Crippen molar-refractivity contribution in [2.75, 3.05) is 6.54 Å². The van der Waals surface area contributed by atoms with Crippen LogP contribution < -0.4 is 0 Å². The fourth-order valence-electron chi connectivity index (χ4n) is 3.63. The van der Waals surface area contributed by atoms with Gasteiger partial charge >= 0.3 is 0 Å². The third kappa shape index (κ3) is 3.22. The molecule has 0 aliphatic carbocycles. The Hall–Kier alpha value is -2.47. The number of pyridine rings is 1. The Bertz CT molecular complexity index is 849. The van der Waals surface area contributed by atoms with Gasteiger partial charge in [-0.2, -0.15) is 5.10 Å². The molecule has 0 bridgehead atoms. The number of likely N-dealkylation sites (tertiary alicyclic amines) is 1. The van der Waals surface area contributed by atoms with Crippen LogP contribution in [0.2, 0.25) is 0 Å². The molecule has 0 saturated carbocycles. The first kappa shape index (κ1) is 16.0. The van der Waals surface area contributed by atoms with E-state index in [1.54, 1.807) is 0 Å². The molecule has 1 fully saturated rings. The van der Waals surface area contributed by atoms with Crippen molar-refractivity contribution in [2.45, 2.75) is 45.8 Å². The lowest BCUT2D eigenvalue weighted by Crippen LogP contribution is -2.23. The minimum atomic E-state index is 0.369. The predicted octanol–water partition coefficient (Wildman–Crippen LogP) is 3.13. The molecule has 0 spiro atoms. The van der Waals surface area contributed by atoms with Gasteiger partial charge in [0.15, 0.2) is 0 Å². The van der Waals surface area contributed by atoms with E-state index in [-0.39, 0.29) is 0 Å². The number of aromatic nitrogens is 5. The SMILES string of the molecule is CCn1cc(CN2CCC[C@H]2c2cccc(-n3ccnc3C)n2)cn1. The molecular formula is C19H24N6. The second-order valence-corrected chi connectivity index (χ2v) is 6.60. The standard InChI is InChI=1S/C19H24N6/c1-3-24-14-16(12-21-24)13-23-10-5-7-18(23)17-6-4-8-19(22-17)25-11-9-20-15(25)2/h4,6,8-9,11-12,14,18H,3,5,7,10,13H2,1-2H3/t18-/m0/s1. The summed E-state index contributed by atoms with van der Waals surface area (Å²) < 4.78 is 4.02. The van der Waals surface area contributed by atoms with Crippen LogP contribution in [0.5, 0.6) is 0 Å². The van der Waals surface area contributed by atoms with Crippen LogP contribution in [-0.2, 0) is 13.1 Å². The molecule has 0 aromatic carbocycles. The molecule has 3 aromatic heterocycles. The van der Waals surface area contributed by atoms with Gasteiger partial charge in [-0.3, -0.25) is 14.1 Å². The van der Waals surface area contributed by atoms with Gasteiger partial charge in [0.1, 0.15) is 11.6 Å². The molecule has 4 rings (SSSR count). The zero-order valence-electron chi connectivity index (χ0n) is 14.8. The van der Waals surface area contributed by atoms with E-state index in [1.165, 1.54) is 12.0 Å². The van der Waals surface area contributed by atoms with Crippen molar-refractivity contribution in [3.63, 3.8) is 0 Å². The van der Waals surface area contributed by atoms with Crippen LogP contribution in [-0.4, -0.2) is 35.8 Å². The Labute approximate surface area is 148 Å². The number of imidazole rings is 1. The van der Waals surface area contributed by atoms with Crippen molar-refractivity contribution < 1.29 is 0 Å². The molecule has 4 heterocycles. The first-order chi connectivity index (χ1) is 12.2. The van der Waals surface area contributed by atoms with E-state index in [2.05, 4.69) is 40.2 Å². The predicted molar refractivity (Wildman–Crippen MR) is 96.4 cm³/mol. The number of aryl methyl sites for hydroxylation is 2. The first-order valence-corrected chi connectivity index (χ1v) is 8.97. The van der Waals surface area contributed by atoms with Gasteiger partial charge in [-0.15, -0.1) is 0 Å². The maximum atomic E-state index is 4.93. The molecule has 6 heteroatoms. The quantitative estimate of drug-likeness (QED) is 0.718. The fourth-order valence-corrected chi connectivity index (χ4v) is 3.63. The Morgan fingerprint density at radius 1 is 1.28 bits per heavy atom. The van der Waals surface area contributed by atoms with Crippen LogP contribution in [0.1, 0.15) is 42.9 Å².